The van der Waals surface area contributed by atoms with Gasteiger partial charge in [-0.15, -0.1) is 10.2 Å². The molecule has 12 heteroatoms. The molecule has 0 atom stereocenters. The third kappa shape index (κ3) is 5.51. The Morgan fingerprint density at radius 3 is 2.58 bits per heavy atom. The molecule has 1 fully saturated rings. The van der Waals surface area contributed by atoms with Gasteiger partial charge in [0.2, 0.25) is 5.89 Å². The van der Waals surface area contributed by atoms with Gasteiger partial charge in [0.15, 0.2) is 0 Å². The molecule has 170 valence electrons. The maximum absolute atomic E-state index is 11.8. The average Bonchev–Trinajstić information content (AvgIpc) is 3.28. The Kier molecular flexibility index (Phi) is 6.92. The number of nitro benzene ring substituents is 1. The van der Waals surface area contributed by atoms with Crippen molar-refractivity contribution >= 4 is 46.8 Å². The first-order valence-corrected chi connectivity index (χ1v) is 10.9. The summed E-state index contributed by atoms with van der Waals surface area (Å²) in [6.45, 7) is 2.06. The monoisotopic (exact) mass is 488 g/mol. The first-order chi connectivity index (χ1) is 15.9. The van der Waals surface area contributed by atoms with Crippen molar-refractivity contribution in [2.75, 3.05) is 31.2 Å². The van der Waals surface area contributed by atoms with E-state index in [9.17, 15) is 20.0 Å². The number of aromatic nitrogens is 2. The second-order valence-electron chi connectivity index (χ2n) is 6.90. The van der Waals surface area contributed by atoms with Crippen LogP contribution in [0.15, 0.2) is 57.0 Å². The van der Waals surface area contributed by atoms with Gasteiger partial charge in [-0.25, -0.2) is 4.79 Å². The lowest BCUT2D eigenvalue weighted by Crippen LogP contribution is -2.36. The fraction of sp³-hybridized carbons (Fsp3) is 0.190. The van der Waals surface area contributed by atoms with Gasteiger partial charge in [-0.05, 0) is 53.7 Å². The smallest absolute Gasteiger partial charge is 0.342 e. The van der Waals surface area contributed by atoms with E-state index in [1.807, 2.05) is 4.90 Å². The Morgan fingerprint density at radius 1 is 1.18 bits per heavy atom. The molecular formula is C21H17ClN4O6S. The quantitative estimate of drug-likeness (QED) is 0.221. The Labute approximate surface area is 197 Å². The second-order valence-corrected chi connectivity index (χ2v) is 8.33. The van der Waals surface area contributed by atoms with Crippen molar-refractivity contribution in [2.24, 2.45) is 0 Å². The highest BCUT2D eigenvalue weighted by atomic mass is 35.5. The molecule has 0 spiro atoms. The number of nitrogens with zero attached hydrogens (tertiary/aromatic N) is 4. The van der Waals surface area contributed by atoms with E-state index in [0.29, 0.717) is 48.1 Å². The number of rotatable bonds is 7. The summed E-state index contributed by atoms with van der Waals surface area (Å²) in [4.78, 5) is 24.7. The van der Waals surface area contributed by atoms with Crippen LogP contribution in [0.3, 0.4) is 0 Å². The maximum Gasteiger partial charge on any atom is 0.342 e. The second kappa shape index (κ2) is 10.0. The minimum absolute atomic E-state index is 0.0213. The van der Waals surface area contributed by atoms with Crippen LogP contribution in [0.5, 0.6) is 0 Å². The highest BCUT2D eigenvalue weighted by Crippen LogP contribution is 2.33. The molecule has 0 aliphatic carbocycles. The molecule has 2 aromatic carbocycles. The number of aliphatic carboxylic acids is 1. The molecule has 0 amide bonds. The van der Waals surface area contributed by atoms with E-state index in [4.69, 9.17) is 20.8 Å². The number of carboxylic acid groups (broad SMARTS) is 1. The molecule has 1 N–H and O–H groups in total. The molecule has 0 bridgehead atoms. The van der Waals surface area contributed by atoms with Crippen molar-refractivity contribution in [2.45, 2.75) is 5.22 Å². The molecule has 10 nitrogen and oxygen atoms in total. The number of carboxylic acids is 1. The minimum Gasteiger partial charge on any atom is -0.477 e. The van der Waals surface area contributed by atoms with E-state index < -0.39 is 10.9 Å². The molecule has 1 aliphatic heterocycles. The molecule has 33 heavy (non-hydrogen) atoms. The molecule has 3 aromatic rings. The number of thioether (sulfide) groups is 1. The summed E-state index contributed by atoms with van der Waals surface area (Å²) >= 11 is 6.63. The molecule has 2 heterocycles. The molecule has 1 saturated heterocycles. The standard InChI is InChI=1S/C21H17ClN4O6S/c22-15-4-2-14(3-5-15)19-23-24-21(32-19)33-18(20(27)28)12-13-1-6-16(17(11-13)26(29)30)25-7-9-31-10-8-25/h1-6,11-12H,7-10H2,(H,27,28)/b18-12+. The van der Waals surface area contributed by atoms with Crippen LogP contribution in [0.25, 0.3) is 17.5 Å². The molecular weight excluding hydrogens is 472 g/mol. The summed E-state index contributed by atoms with van der Waals surface area (Å²) in [5, 5.41) is 29.7. The maximum atomic E-state index is 11.8. The van der Waals surface area contributed by atoms with Crippen LogP contribution in [0.1, 0.15) is 5.56 Å². The van der Waals surface area contributed by atoms with Gasteiger partial charge in [0, 0.05) is 29.7 Å². The molecule has 1 aromatic heterocycles. The number of ether oxygens (including phenoxy) is 1. The highest BCUT2D eigenvalue weighted by Gasteiger charge is 2.22. The van der Waals surface area contributed by atoms with Crippen molar-refractivity contribution in [3.8, 4) is 11.5 Å². The van der Waals surface area contributed by atoms with Gasteiger partial charge in [0.25, 0.3) is 10.9 Å². The lowest BCUT2D eigenvalue weighted by molar-refractivity contribution is -0.384. The van der Waals surface area contributed by atoms with Gasteiger partial charge < -0.3 is 19.2 Å². The topological polar surface area (TPSA) is 132 Å². The van der Waals surface area contributed by atoms with E-state index in [2.05, 4.69) is 10.2 Å². The van der Waals surface area contributed by atoms with Crippen LogP contribution < -0.4 is 4.90 Å². The third-order valence-electron chi connectivity index (χ3n) is 4.75. The number of benzene rings is 2. The van der Waals surface area contributed by atoms with Gasteiger partial charge in [0.1, 0.15) is 10.6 Å². The first kappa shape index (κ1) is 22.8. The van der Waals surface area contributed by atoms with Crippen LogP contribution in [0, 0.1) is 10.1 Å². The Hall–Kier alpha value is -3.41. The Bertz CT molecular complexity index is 1210. The van der Waals surface area contributed by atoms with E-state index in [-0.39, 0.29) is 21.7 Å². The average molecular weight is 489 g/mol. The van der Waals surface area contributed by atoms with Gasteiger partial charge in [-0.2, -0.15) is 0 Å². The van der Waals surface area contributed by atoms with Crippen LogP contribution in [0.4, 0.5) is 11.4 Å². The number of morpholine rings is 1. The van der Waals surface area contributed by atoms with E-state index in [1.54, 1.807) is 36.4 Å². The lowest BCUT2D eigenvalue weighted by Gasteiger charge is -2.28. The number of anilines is 1. The summed E-state index contributed by atoms with van der Waals surface area (Å²) in [5.41, 5.74) is 1.35. The third-order valence-corrected chi connectivity index (χ3v) is 5.86. The fourth-order valence-electron chi connectivity index (χ4n) is 3.19. The first-order valence-electron chi connectivity index (χ1n) is 9.74. The van der Waals surface area contributed by atoms with Crippen LogP contribution in [0.2, 0.25) is 5.02 Å². The summed E-state index contributed by atoms with van der Waals surface area (Å²) in [7, 11) is 0. The summed E-state index contributed by atoms with van der Waals surface area (Å²) in [6, 6.07) is 11.3. The molecule has 1 aliphatic rings. The van der Waals surface area contributed by atoms with Crippen molar-refractivity contribution in [3.63, 3.8) is 0 Å². The van der Waals surface area contributed by atoms with Crippen molar-refractivity contribution in [1.29, 1.82) is 0 Å². The van der Waals surface area contributed by atoms with Crippen molar-refractivity contribution < 1.29 is 24.0 Å². The largest absolute Gasteiger partial charge is 0.477 e. The molecule has 4 rings (SSSR count). The summed E-state index contributed by atoms with van der Waals surface area (Å²) < 4.78 is 10.9. The number of hydrogen-bond acceptors (Lipinski definition) is 9. The molecule has 0 radical (unpaired) electrons. The van der Waals surface area contributed by atoms with E-state index >= 15 is 0 Å². The minimum atomic E-state index is -1.23. The predicted octanol–water partition coefficient (Wildman–Crippen LogP) is 4.35. The zero-order valence-corrected chi connectivity index (χ0v) is 18.6. The van der Waals surface area contributed by atoms with Gasteiger partial charge in [-0.1, -0.05) is 17.7 Å². The van der Waals surface area contributed by atoms with Gasteiger partial charge in [-0.3, -0.25) is 10.1 Å². The Balaban J connectivity index is 1.59. The predicted molar refractivity (Wildman–Crippen MR) is 122 cm³/mol. The SMILES string of the molecule is O=C(O)/C(=C\c1ccc(N2CCOCC2)c([N+](=O)[O-])c1)Sc1nnc(-c2ccc(Cl)cc2)o1. The summed E-state index contributed by atoms with van der Waals surface area (Å²) in [6.07, 6.45) is 1.33. The lowest BCUT2D eigenvalue weighted by atomic mass is 10.1. The number of nitro groups is 1. The van der Waals surface area contributed by atoms with E-state index in [0.717, 1.165) is 11.8 Å². The van der Waals surface area contributed by atoms with Gasteiger partial charge in [0.05, 0.1) is 18.1 Å². The van der Waals surface area contributed by atoms with Crippen molar-refractivity contribution in [1.82, 2.24) is 10.2 Å². The zero-order valence-electron chi connectivity index (χ0n) is 17.0. The van der Waals surface area contributed by atoms with E-state index in [1.165, 1.54) is 12.1 Å². The number of carbonyl (C=O) groups is 1. The van der Waals surface area contributed by atoms with Crippen molar-refractivity contribution in [3.05, 3.63) is 68.1 Å². The van der Waals surface area contributed by atoms with Gasteiger partial charge >= 0.3 is 5.97 Å². The number of halogens is 1. The normalized spacial score (nSPS) is 14.3. The van der Waals surface area contributed by atoms with Crippen LogP contribution >= 0.6 is 23.4 Å². The molecule has 0 saturated carbocycles. The Morgan fingerprint density at radius 2 is 1.91 bits per heavy atom. The number of hydrogen-bond donors (Lipinski definition) is 1. The highest BCUT2D eigenvalue weighted by molar-refractivity contribution is 8.03. The summed E-state index contributed by atoms with van der Waals surface area (Å²) in [5.74, 6) is -1.02. The fourth-order valence-corrected chi connectivity index (χ4v) is 3.99. The zero-order chi connectivity index (χ0) is 23.4. The van der Waals surface area contributed by atoms with Crippen LogP contribution in [-0.2, 0) is 9.53 Å². The van der Waals surface area contributed by atoms with Crippen LogP contribution in [-0.4, -0.2) is 52.5 Å². The molecule has 0 unspecified atom stereocenters.